The van der Waals surface area contributed by atoms with E-state index in [0.29, 0.717) is 30.3 Å². The van der Waals surface area contributed by atoms with E-state index in [9.17, 15) is 22.8 Å². The number of benzene rings is 1. The normalized spacial score (nSPS) is 18.1. The Morgan fingerprint density at radius 1 is 1.16 bits per heavy atom. The highest BCUT2D eigenvalue weighted by molar-refractivity contribution is 5.98. The molecular weight excluding hydrogens is 493 g/mol. The fraction of sp³-hybridized carbons (Fsp3) is 0.417. The van der Waals surface area contributed by atoms with Crippen LogP contribution in [0.2, 0.25) is 0 Å². The number of hydrogen-bond donors (Lipinski definition) is 4. The smallest absolute Gasteiger partial charge is 0.433 e. The van der Waals surface area contributed by atoms with Gasteiger partial charge in [-0.2, -0.15) is 13.2 Å². The van der Waals surface area contributed by atoms with E-state index in [1.807, 2.05) is 6.92 Å². The fourth-order valence-electron chi connectivity index (χ4n) is 4.12. The molecule has 37 heavy (non-hydrogen) atoms. The minimum Gasteiger partial charge on any atom is -0.494 e. The highest BCUT2D eigenvalue weighted by atomic mass is 19.4. The minimum atomic E-state index is -4.64. The Morgan fingerprint density at radius 3 is 2.49 bits per heavy atom. The number of oxazole rings is 1. The molecule has 198 valence electrons. The molecule has 0 aliphatic heterocycles. The van der Waals surface area contributed by atoms with Crippen LogP contribution in [0.4, 0.5) is 18.0 Å². The lowest BCUT2D eigenvalue weighted by atomic mass is 9.86. The quantitative estimate of drug-likeness (QED) is 0.373. The van der Waals surface area contributed by atoms with E-state index in [0.717, 1.165) is 6.07 Å². The predicted octanol–water partition coefficient (Wildman–Crippen LogP) is 3.52. The Hall–Kier alpha value is -3.87. The molecule has 0 bridgehead atoms. The van der Waals surface area contributed by atoms with Crippen LogP contribution < -0.4 is 26.4 Å². The topological polar surface area (TPSA) is 144 Å². The van der Waals surface area contributed by atoms with E-state index >= 15 is 0 Å². The van der Waals surface area contributed by atoms with Crippen LogP contribution in [0, 0.1) is 0 Å². The third-order valence-electron chi connectivity index (χ3n) is 5.99. The number of amides is 3. The number of ether oxygens (including phenoxy) is 1. The first-order chi connectivity index (χ1) is 17.5. The molecule has 0 spiro atoms. The highest BCUT2D eigenvalue weighted by Crippen LogP contribution is 2.37. The molecule has 0 radical (unpaired) electrons. The standard InChI is InChI=1S/C24H27F3N6O4/c1-4-29-23(35)31-13-9-12(10-13)30-21(34)19-20(11(2)28)37-22(33-19)15-5-7-16(36-3)18-14(15)6-8-17(32-18)24(25,26)27/h5-8,11-13H,4,9-10,28H2,1-3H3,(H,30,34)(H2,29,31,35)/t11-,12-,13+/m0/s1. The Labute approximate surface area is 210 Å². The van der Waals surface area contributed by atoms with Crippen molar-refractivity contribution in [2.24, 2.45) is 5.73 Å². The number of alkyl halides is 3. The maximum atomic E-state index is 13.3. The number of methoxy groups -OCH3 is 1. The first-order valence-corrected chi connectivity index (χ1v) is 11.7. The Balaban J connectivity index is 1.61. The third-order valence-corrected chi connectivity index (χ3v) is 5.99. The Bertz CT molecular complexity index is 1320. The minimum absolute atomic E-state index is 0.0102. The molecule has 2 aromatic heterocycles. The maximum absolute atomic E-state index is 13.3. The molecular formula is C24H27F3N6O4. The van der Waals surface area contributed by atoms with Gasteiger partial charge in [-0.1, -0.05) is 0 Å². The average Bonchev–Trinajstić information content (AvgIpc) is 3.27. The van der Waals surface area contributed by atoms with E-state index in [4.69, 9.17) is 14.9 Å². The van der Waals surface area contributed by atoms with E-state index < -0.39 is 23.8 Å². The molecule has 4 rings (SSSR count). The van der Waals surface area contributed by atoms with Crippen LogP contribution in [0.5, 0.6) is 5.75 Å². The largest absolute Gasteiger partial charge is 0.494 e. The summed E-state index contributed by atoms with van der Waals surface area (Å²) in [6, 6.07) is 3.96. The van der Waals surface area contributed by atoms with Crippen molar-refractivity contribution >= 4 is 22.8 Å². The van der Waals surface area contributed by atoms with Gasteiger partial charge in [0.05, 0.1) is 13.2 Å². The van der Waals surface area contributed by atoms with Crippen LogP contribution in [0.15, 0.2) is 28.7 Å². The monoisotopic (exact) mass is 520 g/mol. The van der Waals surface area contributed by atoms with Crippen LogP contribution in [0.1, 0.15) is 54.7 Å². The first-order valence-electron chi connectivity index (χ1n) is 11.7. The summed E-state index contributed by atoms with van der Waals surface area (Å²) in [6.07, 6.45) is -3.53. The van der Waals surface area contributed by atoms with Gasteiger partial charge in [-0.3, -0.25) is 4.79 Å². The van der Waals surface area contributed by atoms with E-state index in [1.165, 1.54) is 19.2 Å². The van der Waals surface area contributed by atoms with Crippen molar-refractivity contribution in [3.05, 3.63) is 41.4 Å². The van der Waals surface area contributed by atoms with Crippen molar-refractivity contribution in [1.82, 2.24) is 25.9 Å². The van der Waals surface area contributed by atoms with Crippen molar-refractivity contribution < 1.29 is 31.9 Å². The molecule has 1 aromatic carbocycles. The summed E-state index contributed by atoms with van der Waals surface area (Å²) >= 11 is 0. The Morgan fingerprint density at radius 2 is 1.86 bits per heavy atom. The number of urea groups is 1. The molecule has 1 aliphatic carbocycles. The van der Waals surface area contributed by atoms with E-state index in [2.05, 4.69) is 25.9 Å². The summed E-state index contributed by atoms with van der Waals surface area (Å²) in [5, 5.41) is 8.63. The molecule has 1 atom stereocenters. The second kappa shape index (κ2) is 10.2. The molecule has 0 saturated heterocycles. The SMILES string of the molecule is CCNC(=O)N[C@H]1C[C@@H](NC(=O)c2nc(-c3ccc(OC)c4nc(C(F)(F)F)ccc34)oc2[C@H](C)N)C1. The van der Waals surface area contributed by atoms with Gasteiger partial charge < -0.3 is 30.8 Å². The average molecular weight is 521 g/mol. The number of nitrogens with one attached hydrogen (secondary N) is 3. The molecule has 1 saturated carbocycles. The number of hydrogen-bond acceptors (Lipinski definition) is 7. The summed E-state index contributed by atoms with van der Waals surface area (Å²) in [7, 11) is 1.33. The second-order valence-electron chi connectivity index (χ2n) is 8.77. The molecule has 3 amide bonds. The lowest BCUT2D eigenvalue weighted by Gasteiger charge is -2.36. The number of carbonyl (C=O) groups is 2. The zero-order valence-electron chi connectivity index (χ0n) is 20.4. The fourth-order valence-corrected chi connectivity index (χ4v) is 4.12. The predicted molar refractivity (Wildman–Crippen MR) is 128 cm³/mol. The van der Waals surface area contributed by atoms with Gasteiger partial charge in [0, 0.05) is 29.6 Å². The summed E-state index contributed by atoms with van der Waals surface area (Å²) in [5.74, 6) is -0.217. The molecule has 1 aliphatic rings. The number of halogens is 3. The lowest BCUT2D eigenvalue weighted by Crippen LogP contribution is -2.55. The summed E-state index contributed by atoms with van der Waals surface area (Å²) in [5.41, 5.74) is 5.24. The van der Waals surface area contributed by atoms with E-state index in [1.54, 1.807) is 13.0 Å². The van der Waals surface area contributed by atoms with Crippen molar-refractivity contribution in [1.29, 1.82) is 0 Å². The van der Waals surface area contributed by atoms with Gasteiger partial charge in [-0.05, 0) is 51.0 Å². The number of nitrogens with zero attached hydrogens (tertiary/aromatic N) is 2. The van der Waals surface area contributed by atoms with Gasteiger partial charge >= 0.3 is 12.2 Å². The van der Waals surface area contributed by atoms with Gasteiger partial charge in [-0.15, -0.1) is 0 Å². The zero-order valence-corrected chi connectivity index (χ0v) is 20.4. The molecule has 13 heteroatoms. The first kappa shape index (κ1) is 26.2. The molecule has 0 unspecified atom stereocenters. The Kier molecular flexibility index (Phi) is 7.25. The summed E-state index contributed by atoms with van der Waals surface area (Å²) in [4.78, 5) is 32.8. The highest BCUT2D eigenvalue weighted by Gasteiger charge is 2.35. The number of fused-ring (bicyclic) bond motifs is 1. The number of nitrogens with two attached hydrogens (primary N) is 1. The number of carbonyl (C=O) groups excluding carboxylic acids is 2. The molecule has 1 fully saturated rings. The van der Waals surface area contributed by atoms with Gasteiger partial charge in [0.1, 0.15) is 17.0 Å². The molecule has 10 nitrogen and oxygen atoms in total. The van der Waals surface area contributed by atoms with Crippen molar-refractivity contribution in [3.63, 3.8) is 0 Å². The van der Waals surface area contributed by atoms with Crippen molar-refractivity contribution in [2.75, 3.05) is 13.7 Å². The van der Waals surface area contributed by atoms with Crippen LogP contribution in [-0.2, 0) is 6.18 Å². The lowest BCUT2D eigenvalue weighted by molar-refractivity contribution is -0.140. The van der Waals surface area contributed by atoms with Crippen LogP contribution in [-0.4, -0.2) is 47.6 Å². The van der Waals surface area contributed by atoms with Crippen LogP contribution in [0.25, 0.3) is 22.4 Å². The van der Waals surface area contributed by atoms with Crippen LogP contribution >= 0.6 is 0 Å². The molecule has 5 N–H and O–H groups in total. The van der Waals surface area contributed by atoms with Crippen molar-refractivity contribution in [2.45, 2.75) is 51.0 Å². The maximum Gasteiger partial charge on any atom is 0.433 e. The molecule has 3 aromatic rings. The number of rotatable bonds is 7. The van der Waals surface area contributed by atoms with Gasteiger partial charge in [0.2, 0.25) is 5.89 Å². The van der Waals surface area contributed by atoms with E-state index in [-0.39, 0.29) is 46.7 Å². The van der Waals surface area contributed by atoms with Crippen LogP contribution in [0.3, 0.4) is 0 Å². The molecule has 2 heterocycles. The number of pyridine rings is 1. The van der Waals surface area contributed by atoms with Gasteiger partial charge in [0.25, 0.3) is 5.91 Å². The van der Waals surface area contributed by atoms with Gasteiger partial charge in [0.15, 0.2) is 11.5 Å². The summed E-state index contributed by atoms with van der Waals surface area (Å²) in [6.45, 7) is 3.95. The number of aromatic nitrogens is 2. The second-order valence-corrected chi connectivity index (χ2v) is 8.77. The van der Waals surface area contributed by atoms with Crippen molar-refractivity contribution in [3.8, 4) is 17.2 Å². The summed E-state index contributed by atoms with van der Waals surface area (Å²) < 4.78 is 50.8. The van der Waals surface area contributed by atoms with Gasteiger partial charge in [-0.25, -0.2) is 14.8 Å². The zero-order chi connectivity index (χ0) is 26.9. The third kappa shape index (κ3) is 5.45.